The normalized spacial score (nSPS) is 22.2. The van der Waals surface area contributed by atoms with Gasteiger partial charge in [0.25, 0.3) is 0 Å². The topological polar surface area (TPSA) is 134 Å². The summed E-state index contributed by atoms with van der Waals surface area (Å²) in [5.74, 6) is 0.558. The zero-order valence-corrected chi connectivity index (χ0v) is 23.0. The Morgan fingerprint density at radius 1 is 1.11 bits per heavy atom. The molecule has 1 fully saturated rings. The molecule has 1 saturated carbocycles. The zero-order chi connectivity index (χ0) is 27.8. The lowest BCUT2D eigenvalue weighted by Crippen LogP contribution is -2.28. The average Bonchev–Trinajstić information content (AvgIpc) is 3.14. The minimum atomic E-state index is -0.972. The molecule has 5 atom stereocenters. The van der Waals surface area contributed by atoms with E-state index in [1.165, 1.54) is 12.5 Å². The second kappa shape index (κ2) is 18.2. The number of rotatable bonds is 11. The molecule has 0 aromatic heterocycles. The summed E-state index contributed by atoms with van der Waals surface area (Å²) >= 11 is 0. The third kappa shape index (κ3) is 11.8. The highest BCUT2D eigenvalue weighted by Crippen LogP contribution is 2.48. The first-order valence-corrected chi connectivity index (χ1v) is 13.7. The van der Waals surface area contributed by atoms with E-state index in [-0.39, 0.29) is 37.3 Å². The zero-order valence-electron chi connectivity index (χ0n) is 23.0. The molecule has 2 aliphatic carbocycles. The Hall–Kier alpha value is -2.16. The quantitative estimate of drug-likeness (QED) is 0.251. The lowest BCUT2D eigenvalue weighted by Gasteiger charge is -2.32. The van der Waals surface area contributed by atoms with Crippen LogP contribution in [-0.2, 0) is 27.2 Å². The van der Waals surface area contributed by atoms with E-state index in [2.05, 4.69) is 17.7 Å². The van der Waals surface area contributed by atoms with E-state index < -0.39 is 5.97 Å². The van der Waals surface area contributed by atoms with Crippen LogP contribution in [0.25, 0.3) is 0 Å². The lowest BCUT2D eigenvalue weighted by molar-refractivity contribution is -0.140. The van der Waals surface area contributed by atoms with Gasteiger partial charge in [-0.25, -0.2) is 4.79 Å². The van der Waals surface area contributed by atoms with E-state index in [1.807, 2.05) is 12.1 Å². The van der Waals surface area contributed by atoms with Gasteiger partial charge < -0.3 is 29.9 Å². The van der Waals surface area contributed by atoms with Gasteiger partial charge in [0.15, 0.2) is 6.61 Å². The summed E-state index contributed by atoms with van der Waals surface area (Å²) in [6.45, 7) is 7.42. The molecule has 37 heavy (non-hydrogen) atoms. The highest BCUT2D eigenvalue weighted by Gasteiger charge is 2.44. The fourth-order valence-corrected chi connectivity index (χ4v) is 5.44. The summed E-state index contributed by atoms with van der Waals surface area (Å²) in [4.78, 5) is 20.7. The molecule has 0 radical (unpaired) electrons. The molecule has 4 N–H and O–H groups in total. The summed E-state index contributed by atoms with van der Waals surface area (Å²) in [6, 6.07) is 5.87. The molecule has 212 valence electrons. The number of hydrogen-bond acceptors (Lipinski definition) is 7. The Balaban J connectivity index is 0.000000657. The van der Waals surface area contributed by atoms with Crippen molar-refractivity contribution in [2.24, 2.45) is 17.8 Å². The molecule has 0 bridgehead atoms. The molecule has 0 unspecified atom stereocenters. The van der Waals surface area contributed by atoms with Crippen LogP contribution in [0.4, 0.5) is 0 Å². The summed E-state index contributed by atoms with van der Waals surface area (Å²) in [5.41, 5.74) is 2.32. The van der Waals surface area contributed by atoms with Gasteiger partial charge in [0, 0.05) is 13.5 Å². The molecule has 0 saturated heterocycles. The highest BCUT2D eigenvalue weighted by atomic mass is 16.5. The van der Waals surface area contributed by atoms with E-state index in [1.54, 1.807) is 13.8 Å². The van der Waals surface area contributed by atoms with Crippen molar-refractivity contribution >= 4 is 11.9 Å². The number of aliphatic hydroxyl groups excluding tert-OH is 3. The van der Waals surface area contributed by atoms with Crippen LogP contribution in [0, 0.1) is 17.8 Å². The van der Waals surface area contributed by atoms with E-state index >= 15 is 0 Å². The van der Waals surface area contributed by atoms with Gasteiger partial charge in [0.1, 0.15) is 5.75 Å². The van der Waals surface area contributed by atoms with Crippen LogP contribution in [0.5, 0.6) is 5.75 Å². The SMILES string of the molecule is CCCCC[C@H](O)CC[C@@H]1[C@H]2Cc3cccc(OCC(=O)O)c3C[C@H]2C[C@H]1O.CCO.CCOC(C)=O. The van der Waals surface area contributed by atoms with E-state index in [9.17, 15) is 19.8 Å². The molecule has 2 aliphatic rings. The second-order valence-electron chi connectivity index (χ2n) is 9.84. The van der Waals surface area contributed by atoms with Gasteiger partial charge in [-0.15, -0.1) is 0 Å². The van der Waals surface area contributed by atoms with Crippen LogP contribution in [0.1, 0.15) is 83.8 Å². The summed E-state index contributed by atoms with van der Waals surface area (Å²) in [5, 5.41) is 37.4. The van der Waals surface area contributed by atoms with Crippen molar-refractivity contribution in [3.8, 4) is 5.75 Å². The number of carbonyl (C=O) groups is 2. The fraction of sp³-hybridized carbons (Fsp3) is 0.724. The van der Waals surface area contributed by atoms with Crippen LogP contribution in [0.2, 0.25) is 0 Å². The monoisotopic (exact) mass is 524 g/mol. The molecule has 0 aliphatic heterocycles. The Morgan fingerprint density at radius 3 is 2.38 bits per heavy atom. The largest absolute Gasteiger partial charge is 0.482 e. The number of benzene rings is 1. The van der Waals surface area contributed by atoms with Crippen LogP contribution in [0.15, 0.2) is 18.2 Å². The summed E-state index contributed by atoms with van der Waals surface area (Å²) in [6.07, 6.45) is 7.85. The maximum atomic E-state index is 10.8. The number of aliphatic hydroxyl groups is 3. The second-order valence-corrected chi connectivity index (χ2v) is 9.84. The van der Waals surface area contributed by atoms with E-state index in [4.69, 9.17) is 14.9 Å². The first-order chi connectivity index (χ1) is 17.7. The van der Waals surface area contributed by atoms with Gasteiger partial charge in [0.2, 0.25) is 0 Å². The third-order valence-corrected chi connectivity index (χ3v) is 7.02. The van der Waals surface area contributed by atoms with Crippen molar-refractivity contribution in [3.63, 3.8) is 0 Å². The fourth-order valence-electron chi connectivity index (χ4n) is 5.44. The summed E-state index contributed by atoms with van der Waals surface area (Å²) < 4.78 is 9.90. The van der Waals surface area contributed by atoms with Crippen LogP contribution in [-0.4, -0.2) is 64.4 Å². The summed E-state index contributed by atoms with van der Waals surface area (Å²) in [7, 11) is 0. The predicted molar refractivity (Wildman–Crippen MR) is 143 cm³/mol. The van der Waals surface area contributed by atoms with Crippen LogP contribution < -0.4 is 4.74 Å². The van der Waals surface area contributed by atoms with Gasteiger partial charge in [-0.05, 0) is 87.3 Å². The maximum absolute atomic E-state index is 10.8. The molecule has 8 nitrogen and oxygen atoms in total. The van der Waals surface area contributed by atoms with Gasteiger partial charge in [-0.2, -0.15) is 0 Å². The van der Waals surface area contributed by atoms with Crippen LogP contribution >= 0.6 is 0 Å². The standard InChI is InChI=1S/C23H34O5.C4H8O2.C2H6O/c1-2-3-4-7-17(24)9-10-18-19-11-15-6-5-8-22(28-14-23(26)27)20(15)12-16(19)13-21(18)25;1-3-6-4(2)5;1-2-3/h5-6,8,16-19,21,24-25H,2-4,7,9-14H2,1H3,(H,26,27);3H2,1-2H3;3H,2H2,1H3/t16-,17-,18+,19-,21+;;/m0../s1. The third-order valence-electron chi connectivity index (χ3n) is 7.02. The van der Waals surface area contributed by atoms with Gasteiger partial charge in [0.05, 0.1) is 18.8 Å². The molecular formula is C29H48O8. The average molecular weight is 525 g/mol. The van der Waals surface area contributed by atoms with Crippen molar-refractivity contribution in [1.82, 2.24) is 0 Å². The maximum Gasteiger partial charge on any atom is 0.341 e. The van der Waals surface area contributed by atoms with Crippen molar-refractivity contribution in [2.75, 3.05) is 19.8 Å². The number of carboxylic acid groups (broad SMARTS) is 1. The van der Waals surface area contributed by atoms with Gasteiger partial charge in [-0.1, -0.05) is 38.3 Å². The number of fused-ring (bicyclic) bond motifs is 2. The predicted octanol–water partition coefficient (Wildman–Crippen LogP) is 4.15. The smallest absolute Gasteiger partial charge is 0.341 e. The molecule has 0 spiro atoms. The minimum absolute atomic E-state index is 0.211. The molecule has 1 aromatic carbocycles. The molecule has 8 heteroatoms. The Labute approximate surface area is 222 Å². The molecular weight excluding hydrogens is 476 g/mol. The Morgan fingerprint density at radius 2 is 1.81 bits per heavy atom. The number of carbonyl (C=O) groups excluding carboxylic acids is 1. The first-order valence-electron chi connectivity index (χ1n) is 13.7. The van der Waals surface area contributed by atoms with E-state index in [0.717, 1.165) is 63.4 Å². The van der Waals surface area contributed by atoms with Crippen molar-refractivity contribution in [3.05, 3.63) is 29.3 Å². The van der Waals surface area contributed by atoms with Gasteiger partial charge >= 0.3 is 11.9 Å². The number of carboxylic acids is 1. The molecule has 1 aromatic rings. The molecule has 0 heterocycles. The number of esters is 1. The van der Waals surface area contributed by atoms with Crippen molar-refractivity contribution in [2.45, 2.75) is 97.7 Å². The lowest BCUT2D eigenvalue weighted by atomic mass is 9.73. The number of ether oxygens (including phenoxy) is 2. The van der Waals surface area contributed by atoms with Crippen LogP contribution in [0.3, 0.4) is 0 Å². The van der Waals surface area contributed by atoms with Crippen molar-refractivity contribution in [1.29, 1.82) is 0 Å². The first kappa shape index (κ1) is 32.9. The highest BCUT2D eigenvalue weighted by molar-refractivity contribution is 5.68. The Bertz CT molecular complexity index is 796. The number of hydrogen-bond donors (Lipinski definition) is 4. The number of unbranched alkanes of at least 4 members (excludes halogenated alkanes) is 2. The van der Waals surface area contributed by atoms with E-state index in [0.29, 0.717) is 24.2 Å². The Kier molecular flexibility index (Phi) is 16.1. The van der Waals surface area contributed by atoms with Gasteiger partial charge in [-0.3, -0.25) is 4.79 Å². The minimum Gasteiger partial charge on any atom is -0.482 e. The van der Waals surface area contributed by atoms with Crippen molar-refractivity contribution < 1.29 is 39.5 Å². The molecule has 0 amide bonds. The molecule has 3 rings (SSSR count). The number of aliphatic carboxylic acids is 1.